The second-order valence-corrected chi connectivity index (χ2v) is 9.43. The molecule has 0 spiro atoms. The third-order valence-corrected chi connectivity index (χ3v) is 7.75. The number of sulfonamides is 1. The number of rotatable bonds is 7. The topological polar surface area (TPSA) is 106 Å². The molecule has 0 aliphatic carbocycles. The van der Waals surface area contributed by atoms with Crippen molar-refractivity contribution >= 4 is 37.5 Å². The van der Waals surface area contributed by atoms with E-state index >= 15 is 0 Å². The molecule has 2 heterocycles. The van der Waals surface area contributed by atoms with Crippen LogP contribution in [0.2, 0.25) is 0 Å². The van der Waals surface area contributed by atoms with E-state index in [-0.39, 0.29) is 11.4 Å². The highest BCUT2D eigenvalue weighted by Crippen LogP contribution is 2.15. The average molecular weight is 450 g/mol. The summed E-state index contributed by atoms with van der Waals surface area (Å²) in [4.78, 5) is 25.0. The first kappa shape index (κ1) is 21.9. The van der Waals surface area contributed by atoms with E-state index in [1.165, 1.54) is 27.9 Å². The first-order valence-corrected chi connectivity index (χ1v) is 11.6. The summed E-state index contributed by atoms with van der Waals surface area (Å²) >= 11 is 1.42. The van der Waals surface area contributed by atoms with E-state index in [0.717, 1.165) is 20.9 Å². The number of hydrogen-bond donors (Lipinski definition) is 1. The zero-order valence-electron chi connectivity index (χ0n) is 16.9. The number of nitrogens with one attached hydrogen (secondary N) is 1. The first-order chi connectivity index (χ1) is 14.3. The van der Waals surface area contributed by atoms with E-state index in [1.54, 1.807) is 13.8 Å². The van der Waals surface area contributed by atoms with Crippen LogP contribution in [0.1, 0.15) is 13.8 Å². The molecule has 3 rings (SSSR count). The Balaban J connectivity index is 1.83. The maximum Gasteiger partial charge on any atom is 0.260 e. The molecule has 1 amide bonds. The third-order valence-electron chi connectivity index (χ3n) is 4.60. The van der Waals surface area contributed by atoms with Gasteiger partial charge in [0.05, 0.1) is 15.1 Å². The molecule has 0 aliphatic rings. The van der Waals surface area contributed by atoms with Gasteiger partial charge >= 0.3 is 0 Å². The van der Waals surface area contributed by atoms with Crippen molar-refractivity contribution in [2.24, 2.45) is 12.1 Å². The Kier molecular flexibility index (Phi) is 6.54. The fourth-order valence-corrected chi connectivity index (χ4v) is 5.44. The number of pyridine rings is 1. The van der Waals surface area contributed by atoms with E-state index in [2.05, 4.69) is 10.5 Å². The Hall–Kier alpha value is -2.76. The first-order valence-electron chi connectivity index (χ1n) is 9.35. The number of fused-ring (bicyclic) bond motifs is 1. The lowest BCUT2D eigenvalue weighted by molar-refractivity contribution is -0.121. The molecule has 0 saturated heterocycles. The van der Waals surface area contributed by atoms with Crippen molar-refractivity contribution in [2.45, 2.75) is 25.3 Å². The zero-order valence-corrected chi connectivity index (χ0v) is 18.5. The van der Waals surface area contributed by atoms with Crippen molar-refractivity contribution in [3.63, 3.8) is 0 Å². The number of aryl methyl sites for hydroxylation is 1. The second kappa shape index (κ2) is 8.94. The molecule has 0 saturated carbocycles. The van der Waals surface area contributed by atoms with Crippen molar-refractivity contribution in [1.29, 1.82) is 0 Å². The van der Waals surface area contributed by atoms with Crippen LogP contribution in [0.5, 0.6) is 0 Å². The highest BCUT2D eigenvalue weighted by Gasteiger charge is 2.22. The number of hydrogen-bond acceptors (Lipinski definition) is 6. The fourth-order valence-electron chi connectivity index (χ4n) is 2.99. The van der Waals surface area contributed by atoms with Crippen molar-refractivity contribution in [3.8, 4) is 0 Å². The molecule has 0 radical (unpaired) electrons. The van der Waals surface area contributed by atoms with Crippen molar-refractivity contribution < 1.29 is 13.2 Å². The van der Waals surface area contributed by atoms with Gasteiger partial charge in [-0.25, -0.2) is 13.8 Å². The normalized spacial score (nSPS) is 12.6. The monoisotopic (exact) mass is 449 g/mol. The number of aromatic nitrogens is 2. The molecule has 0 fully saturated rings. The molecule has 0 atom stereocenters. The molecule has 2 aromatic heterocycles. The zero-order chi connectivity index (χ0) is 21.9. The summed E-state index contributed by atoms with van der Waals surface area (Å²) in [6.07, 6.45) is 1.19. The third kappa shape index (κ3) is 4.37. The van der Waals surface area contributed by atoms with Crippen LogP contribution in [0.25, 0.3) is 10.2 Å². The molecule has 0 bridgehead atoms. The van der Waals surface area contributed by atoms with Crippen molar-refractivity contribution in [2.75, 3.05) is 13.1 Å². The maximum absolute atomic E-state index is 12.7. The summed E-state index contributed by atoms with van der Waals surface area (Å²) in [5, 5.41) is 4.13. The van der Waals surface area contributed by atoms with Gasteiger partial charge in [-0.05, 0) is 18.2 Å². The van der Waals surface area contributed by atoms with Gasteiger partial charge in [0.2, 0.25) is 14.8 Å². The molecular formula is C19H23N5O4S2. The molecule has 1 N–H and O–H groups in total. The largest absolute Gasteiger partial charge is 0.318 e. The highest BCUT2D eigenvalue weighted by molar-refractivity contribution is 7.89. The van der Waals surface area contributed by atoms with E-state index in [0.29, 0.717) is 17.9 Å². The molecule has 0 unspecified atom stereocenters. The van der Waals surface area contributed by atoms with Gasteiger partial charge in [0.25, 0.3) is 11.5 Å². The standard InChI is InChI=1S/C19H23N5O4S2/c1-4-24(5-2)30(27,28)14-10-11-18(26)23(12-14)13-17(25)20-21-19-22(3)15-8-6-7-9-16(15)29-19/h6-12H,4-5,13H2,1-3H3,(H,20,25)/b21-19-. The number of benzene rings is 1. The summed E-state index contributed by atoms with van der Waals surface area (Å²) in [5.41, 5.74) is 2.95. The molecule has 9 nitrogen and oxygen atoms in total. The number of carbonyl (C=O) groups excluding carboxylic acids is 1. The van der Waals surface area contributed by atoms with Crippen molar-refractivity contribution in [1.82, 2.24) is 18.9 Å². The number of para-hydroxylation sites is 1. The Morgan fingerprint density at radius 2 is 1.87 bits per heavy atom. The summed E-state index contributed by atoms with van der Waals surface area (Å²) in [5.74, 6) is -0.535. The smallest absolute Gasteiger partial charge is 0.260 e. The number of thiazole rings is 1. The Morgan fingerprint density at radius 3 is 2.53 bits per heavy atom. The summed E-state index contributed by atoms with van der Waals surface area (Å²) in [6.45, 7) is 3.74. The van der Waals surface area contributed by atoms with Gasteiger partial charge in [0.1, 0.15) is 6.54 Å². The van der Waals surface area contributed by atoms with Crippen LogP contribution in [0.3, 0.4) is 0 Å². The summed E-state index contributed by atoms with van der Waals surface area (Å²) < 4.78 is 30.6. The highest BCUT2D eigenvalue weighted by atomic mass is 32.2. The predicted molar refractivity (Wildman–Crippen MR) is 115 cm³/mol. The van der Waals surface area contributed by atoms with Gasteiger partial charge in [-0.1, -0.05) is 37.3 Å². The van der Waals surface area contributed by atoms with Crippen LogP contribution in [0.4, 0.5) is 0 Å². The second-order valence-electron chi connectivity index (χ2n) is 6.48. The van der Waals surface area contributed by atoms with Crippen LogP contribution in [-0.2, 0) is 28.4 Å². The van der Waals surface area contributed by atoms with Gasteiger partial charge in [0.15, 0.2) is 0 Å². The summed E-state index contributed by atoms with van der Waals surface area (Å²) in [6, 6.07) is 10.2. The Morgan fingerprint density at radius 1 is 1.17 bits per heavy atom. The molecule has 1 aromatic carbocycles. The summed E-state index contributed by atoms with van der Waals surface area (Å²) in [7, 11) is -1.89. The predicted octanol–water partition coefficient (Wildman–Crippen LogP) is 1.06. The average Bonchev–Trinajstić information content (AvgIpc) is 3.04. The van der Waals surface area contributed by atoms with E-state index < -0.39 is 21.5 Å². The number of nitrogens with zero attached hydrogens (tertiary/aromatic N) is 4. The fraction of sp³-hybridized carbons (Fsp3) is 0.316. The molecule has 3 aromatic rings. The minimum absolute atomic E-state index is 0.0357. The van der Waals surface area contributed by atoms with Gasteiger partial charge in [-0.3, -0.25) is 9.59 Å². The van der Waals surface area contributed by atoms with Gasteiger partial charge in [0, 0.05) is 32.4 Å². The van der Waals surface area contributed by atoms with Crippen LogP contribution in [0.15, 0.2) is 57.4 Å². The van der Waals surface area contributed by atoms with E-state index in [9.17, 15) is 18.0 Å². The maximum atomic E-state index is 12.7. The van der Waals surface area contributed by atoms with Gasteiger partial charge < -0.3 is 9.13 Å². The van der Waals surface area contributed by atoms with E-state index in [4.69, 9.17) is 0 Å². The Labute approximate surface area is 177 Å². The van der Waals surface area contributed by atoms with Crippen molar-refractivity contribution in [3.05, 3.63) is 57.8 Å². The molecule has 160 valence electrons. The van der Waals surface area contributed by atoms with Gasteiger partial charge in [-0.15, -0.1) is 5.10 Å². The lowest BCUT2D eigenvalue weighted by atomic mass is 10.3. The number of amides is 1. The van der Waals surface area contributed by atoms with Crippen LogP contribution < -0.4 is 15.8 Å². The Bertz CT molecular complexity index is 1300. The lowest BCUT2D eigenvalue weighted by Crippen LogP contribution is -2.34. The van der Waals surface area contributed by atoms with Gasteiger partial charge in [-0.2, -0.15) is 4.31 Å². The van der Waals surface area contributed by atoms with Crippen LogP contribution >= 0.6 is 11.3 Å². The minimum atomic E-state index is -3.74. The minimum Gasteiger partial charge on any atom is -0.318 e. The van der Waals surface area contributed by atoms with E-state index in [1.807, 2.05) is 35.9 Å². The molecular weight excluding hydrogens is 426 g/mol. The lowest BCUT2D eigenvalue weighted by Gasteiger charge is -2.18. The van der Waals surface area contributed by atoms with Crippen LogP contribution in [-0.4, -0.2) is 40.9 Å². The molecule has 0 aliphatic heterocycles. The molecule has 11 heteroatoms. The van der Waals surface area contributed by atoms with Crippen LogP contribution in [0, 0.1) is 0 Å². The SMILES string of the molecule is CCN(CC)S(=O)(=O)c1ccc(=O)n(CC(=O)N/N=c2\sc3ccccc3n2C)c1. The number of carbonyl (C=O) groups is 1. The quantitative estimate of drug-likeness (QED) is 0.545. The molecule has 30 heavy (non-hydrogen) atoms.